The zero-order chi connectivity index (χ0) is 22.7. The molecule has 0 radical (unpaired) electrons. The summed E-state index contributed by atoms with van der Waals surface area (Å²) >= 11 is 6.03. The number of benzene rings is 2. The van der Waals surface area contributed by atoms with Gasteiger partial charge in [-0.15, -0.1) is 0 Å². The average molecular weight is 479 g/mol. The molecule has 0 atom stereocenters. The van der Waals surface area contributed by atoms with Gasteiger partial charge >= 0.3 is 5.97 Å². The van der Waals surface area contributed by atoms with E-state index in [-0.39, 0.29) is 34.3 Å². The summed E-state index contributed by atoms with van der Waals surface area (Å²) in [6.07, 6.45) is 0. The van der Waals surface area contributed by atoms with Crippen LogP contribution >= 0.6 is 11.6 Å². The third kappa shape index (κ3) is 4.91. The number of nitrogens with zero attached hydrogens (tertiary/aromatic N) is 1. The maximum atomic E-state index is 14.2. The number of ether oxygens (including phenoxy) is 1. The van der Waals surface area contributed by atoms with Crippen molar-refractivity contribution in [2.75, 3.05) is 24.9 Å². The molecule has 2 rings (SSSR count). The molecule has 0 aliphatic rings. The van der Waals surface area contributed by atoms with Gasteiger partial charge in [-0.1, -0.05) is 25.4 Å². The van der Waals surface area contributed by atoms with Gasteiger partial charge < -0.3 is 4.74 Å². The number of halogens is 2. The SMILES string of the molecule is CCN(CC)S(=O)(=O)c1cc(NS(=O)(=O)c2cc(C(=O)OC)ccc2F)ccc1Cl. The summed E-state index contributed by atoms with van der Waals surface area (Å²) in [5.74, 6) is -1.94. The molecule has 30 heavy (non-hydrogen) atoms. The number of hydrogen-bond donors (Lipinski definition) is 1. The van der Waals surface area contributed by atoms with E-state index in [4.69, 9.17) is 11.6 Å². The van der Waals surface area contributed by atoms with Crippen LogP contribution in [0, 0.1) is 5.82 Å². The van der Waals surface area contributed by atoms with Crippen LogP contribution in [0.1, 0.15) is 24.2 Å². The van der Waals surface area contributed by atoms with E-state index in [0.717, 1.165) is 35.7 Å². The minimum atomic E-state index is -4.50. The lowest BCUT2D eigenvalue weighted by Gasteiger charge is -2.20. The van der Waals surface area contributed by atoms with Gasteiger partial charge in [-0.05, 0) is 36.4 Å². The van der Waals surface area contributed by atoms with Crippen LogP contribution in [0.4, 0.5) is 10.1 Å². The lowest BCUT2D eigenvalue weighted by molar-refractivity contribution is 0.0600. The topological polar surface area (TPSA) is 110 Å². The Balaban J connectivity index is 2.50. The molecule has 0 spiro atoms. The fourth-order valence-corrected chi connectivity index (χ4v) is 5.74. The molecule has 2 aromatic rings. The molecule has 0 aromatic heterocycles. The van der Waals surface area contributed by atoms with Crippen molar-refractivity contribution >= 4 is 43.3 Å². The van der Waals surface area contributed by atoms with Crippen molar-refractivity contribution in [1.29, 1.82) is 0 Å². The molecule has 0 amide bonds. The van der Waals surface area contributed by atoms with Crippen molar-refractivity contribution in [3.05, 3.63) is 52.8 Å². The molecule has 8 nitrogen and oxygen atoms in total. The predicted octanol–water partition coefficient (Wildman–Crippen LogP) is 3.10. The second-order valence-electron chi connectivity index (χ2n) is 5.98. The summed E-state index contributed by atoms with van der Waals surface area (Å²) in [4.78, 5) is 10.5. The molecule has 0 unspecified atom stereocenters. The molecule has 2 aromatic carbocycles. The first kappa shape index (κ1) is 24.1. The van der Waals surface area contributed by atoms with Gasteiger partial charge in [-0.2, -0.15) is 4.31 Å². The summed E-state index contributed by atoms with van der Waals surface area (Å²) < 4.78 is 72.8. The van der Waals surface area contributed by atoms with Crippen LogP contribution in [-0.2, 0) is 24.8 Å². The Morgan fingerprint density at radius 1 is 1.07 bits per heavy atom. The second-order valence-corrected chi connectivity index (χ2v) is 9.94. The second kappa shape index (κ2) is 9.29. The summed E-state index contributed by atoms with van der Waals surface area (Å²) in [5.41, 5.74) is -0.312. The van der Waals surface area contributed by atoms with Gasteiger partial charge in [0, 0.05) is 13.1 Å². The molecule has 0 aliphatic heterocycles. The maximum Gasteiger partial charge on any atom is 0.337 e. The van der Waals surface area contributed by atoms with E-state index in [2.05, 4.69) is 9.46 Å². The fourth-order valence-electron chi connectivity index (χ4n) is 2.63. The first-order valence-corrected chi connectivity index (χ1v) is 12.0. The van der Waals surface area contributed by atoms with Crippen LogP contribution in [0.2, 0.25) is 5.02 Å². The third-order valence-corrected chi connectivity index (χ3v) is 8.08. The molecule has 12 heteroatoms. The van der Waals surface area contributed by atoms with E-state index >= 15 is 0 Å². The largest absolute Gasteiger partial charge is 0.465 e. The first-order valence-electron chi connectivity index (χ1n) is 8.68. The van der Waals surface area contributed by atoms with Gasteiger partial charge in [0.05, 0.1) is 23.4 Å². The number of esters is 1. The fraction of sp³-hybridized carbons (Fsp3) is 0.278. The molecule has 0 saturated carbocycles. The van der Waals surface area contributed by atoms with Gasteiger partial charge in [0.15, 0.2) is 0 Å². The molecule has 0 bridgehead atoms. The number of carbonyl (C=O) groups excluding carboxylic acids is 1. The zero-order valence-electron chi connectivity index (χ0n) is 16.3. The van der Waals surface area contributed by atoms with Crippen molar-refractivity contribution in [1.82, 2.24) is 4.31 Å². The number of methoxy groups -OCH3 is 1. The van der Waals surface area contributed by atoms with Crippen molar-refractivity contribution in [3.63, 3.8) is 0 Å². The lowest BCUT2D eigenvalue weighted by atomic mass is 10.2. The highest BCUT2D eigenvalue weighted by Crippen LogP contribution is 2.29. The van der Waals surface area contributed by atoms with Gasteiger partial charge in [0.1, 0.15) is 15.6 Å². The highest BCUT2D eigenvalue weighted by Gasteiger charge is 2.26. The minimum absolute atomic E-state index is 0.0938. The van der Waals surface area contributed by atoms with Gasteiger partial charge in [0.25, 0.3) is 10.0 Å². The number of carbonyl (C=O) groups is 1. The molecule has 0 aliphatic carbocycles. The number of rotatable bonds is 8. The van der Waals surface area contributed by atoms with Crippen molar-refractivity contribution in [2.24, 2.45) is 0 Å². The highest BCUT2D eigenvalue weighted by atomic mass is 35.5. The van der Waals surface area contributed by atoms with Crippen LogP contribution in [0.3, 0.4) is 0 Å². The third-order valence-electron chi connectivity index (χ3n) is 4.15. The van der Waals surface area contributed by atoms with Crippen LogP contribution in [0.5, 0.6) is 0 Å². The van der Waals surface area contributed by atoms with Crippen molar-refractivity contribution < 1.29 is 30.8 Å². The van der Waals surface area contributed by atoms with E-state index in [1.165, 1.54) is 12.1 Å². The smallest absolute Gasteiger partial charge is 0.337 e. The van der Waals surface area contributed by atoms with E-state index < -0.39 is 36.7 Å². The van der Waals surface area contributed by atoms with Crippen molar-refractivity contribution in [2.45, 2.75) is 23.6 Å². The number of hydrogen-bond acceptors (Lipinski definition) is 6. The summed E-state index contributed by atoms with van der Waals surface area (Å²) in [6.45, 7) is 3.68. The van der Waals surface area contributed by atoms with E-state index in [0.29, 0.717) is 0 Å². The van der Waals surface area contributed by atoms with Gasteiger partial charge in [0.2, 0.25) is 10.0 Å². The Morgan fingerprint density at radius 3 is 2.27 bits per heavy atom. The summed E-state index contributed by atoms with van der Waals surface area (Å²) in [7, 11) is -7.37. The molecule has 0 fully saturated rings. The highest BCUT2D eigenvalue weighted by molar-refractivity contribution is 7.92. The van der Waals surface area contributed by atoms with Crippen LogP contribution in [0.25, 0.3) is 0 Å². The molecule has 0 heterocycles. The number of nitrogens with one attached hydrogen (secondary N) is 1. The quantitative estimate of drug-likeness (QED) is 0.584. The minimum Gasteiger partial charge on any atom is -0.465 e. The monoisotopic (exact) mass is 478 g/mol. The number of sulfonamides is 2. The Labute approximate surface area is 179 Å². The van der Waals surface area contributed by atoms with Crippen LogP contribution in [0.15, 0.2) is 46.2 Å². The first-order chi connectivity index (χ1) is 14.0. The summed E-state index contributed by atoms with van der Waals surface area (Å²) in [6, 6.07) is 6.24. The molecule has 164 valence electrons. The van der Waals surface area contributed by atoms with E-state index in [1.807, 2.05) is 0 Å². The predicted molar refractivity (Wildman–Crippen MR) is 110 cm³/mol. The Morgan fingerprint density at radius 2 is 1.70 bits per heavy atom. The van der Waals surface area contributed by atoms with Crippen LogP contribution < -0.4 is 4.72 Å². The van der Waals surface area contributed by atoms with Gasteiger partial charge in [-0.25, -0.2) is 26.0 Å². The molecular weight excluding hydrogens is 459 g/mol. The van der Waals surface area contributed by atoms with Crippen molar-refractivity contribution in [3.8, 4) is 0 Å². The Bertz CT molecular complexity index is 1170. The van der Waals surface area contributed by atoms with Gasteiger partial charge in [-0.3, -0.25) is 4.72 Å². The Hall–Kier alpha value is -2.21. The maximum absolute atomic E-state index is 14.2. The standard InChI is InChI=1S/C18H20ClFN2O6S2/c1-4-22(5-2)30(26,27)16-11-13(7-8-14(16)19)21-29(24,25)17-10-12(18(23)28-3)6-9-15(17)20/h6-11,21H,4-5H2,1-3H3. The molecular formula is C18H20ClFN2O6S2. The lowest BCUT2D eigenvalue weighted by Crippen LogP contribution is -2.30. The molecule has 0 saturated heterocycles. The number of anilines is 1. The van der Waals surface area contributed by atoms with E-state index in [1.54, 1.807) is 13.8 Å². The Kier molecular flexibility index (Phi) is 7.45. The van der Waals surface area contributed by atoms with Crippen LogP contribution in [-0.4, -0.2) is 47.3 Å². The normalized spacial score (nSPS) is 12.1. The average Bonchev–Trinajstić information content (AvgIpc) is 2.69. The summed E-state index contributed by atoms with van der Waals surface area (Å²) in [5, 5.41) is -0.0938. The molecule has 1 N–H and O–H groups in total. The zero-order valence-corrected chi connectivity index (χ0v) is 18.7. The van der Waals surface area contributed by atoms with E-state index in [9.17, 15) is 26.0 Å².